The number of rotatable bonds is 12. The number of fused-ring (bicyclic) bond motifs is 2. The maximum Gasteiger partial charge on any atom is 0.417 e. The third-order valence-electron chi connectivity index (χ3n) is 12.4. The highest BCUT2D eigenvalue weighted by atomic mass is 16.6. The number of likely N-dealkylation sites (tertiary alicyclic amines) is 3. The standard InChI is InChI=1S/C43H58N6O8/c1-3-4-5-8-25-55-40(51)32-11-18-46(19-12-32)33-14-20-47(21-15-33)39(50)37(28-30-26-29(2)38-36(27-30)56-42(53)45-38)57-43(54)48-22-16-34(17-23-48)49-24-13-31-9-6-7-10-35(31)44-41(49)52/h6-7,9-10,26-27,32-34,37H,3-5,8,11-25,28H2,1-2H3,(H,44,52)(H,45,53)/t37-/m1/s1. The van der Waals surface area contributed by atoms with E-state index < -0.39 is 18.0 Å². The van der Waals surface area contributed by atoms with Crippen molar-refractivity contribution in [2.24, 2.45) is 5.92 Å². The molecule has 0 radical (unpaired) electrons. The number of aromatic nitrogens is 1. The van der Waals surface area contributed by atoms with Crippen molar-refractivity contribution in [2.45, 2.75) is 109 Å². The van der Waals surface area contributed by atoms with Crippen molar-refractivity contribution in [3.63, 3.8) is 0 Å². The van der Waals surface area contributed by atoms with Crippen molar-refractivity contribution >= 4 is 40.8 Å². The van der Waals surface area contributed by atoms with Gasteiger partial charge in [-0.05, 0) is 100 Å². The van der Waals surface area contributed by atoms with Gasteiger partial charge in [0, 0.05) is 56.9 Å². The molecule has 4 amide bonds. The van der Waals surface area contributed by atoms with Gasteiger partial charge in [-0.1, -0.05) is 50.5 Å². The molecule has 57 heavy (non-hydrogen) atoms. The maximum atomic E-state index is 14.3. The number of carbonyl (C=O) groups excluding carboxylic acids is 4. The number of H-pyrrole nitrogens is 1. The number of aromatic amines is 1. The van der Waals surface area contributed by atoms with Crippen molar-refractivity contribution in [1.29, 1.82) is 0 Å². The molecule has 0 bridgehead atoms. The van der Waals surface area contributed by atoms with E-state index in [0.717, 1.165) is 93.3 Å². The first-order valence-electron chi connectivity index (χ1n) is 21.1. The lowest BCUT2D eigenvalue weighted by Gasteiger charge is -2.42. The Balaban J connectivity index is 0.946. The zero-order valence-corrected chi connectivity index (χ0v) is 33.5. The molecule has 0 aliphatic carbocycles. The first kappa shape index (κ1) is 40.4. The van der Waals surface area contributed by atoms with Gasteiger partial charge in [0.25, 0.3) is 5.91 Å². The number of aryl methyl sites for hydroxylation is 1. The Hall–Kier alpha value is -4.85. The third kappa shape index (κ3) is 9.82. The van der Waals surface area contributed by atoms with Gasteiger partial charge >= 0.3 is 23.8 Å². The first-order chi connectivity index (χ1) is 27.7. The number of urea groups is 1. The van der Waals surface area contributed by atoms with E-state index in [-0.39, 0.29) is 36.3 Å². The van der Waals surface area contributed by atoms with Crippen LogP contribution >= 0.6 is 0 Å². The van der Waals surface area contributed by atoms with Gasteiger partial charge in [0.1, 0.15) is 0 Å². The van der Waals surface area contributed by atoms with Crippen LogP contribution in [-0.2, 0) is 31.9 Å². The molecule has 3 aromatic rings. The summed E-state index contributed by atoms with van der Waals surface area (Å²) in [6, 6.07) is 11.6. The molecule has 4 aliphatic heterocycles. The average molecular weight is 787 g/mol. The van der Waals surface area contributed by atoms with Gasteiger partial charge in [0.05, 0.1) is 18.0 Å². The van der Waals surface area contributed by atoms with Crippen LogP contribution in [0.1, 0.15) is 87.8 Å². The van der Waals surface area contributed by atoms with Crippen molar-refractivity contribution in [2.75, 3.05) is 57.7 Å². The fourth-order valence-corrected chi connectivity index (χ4v) is 9.08. The number of nitrogens with one attached hydrogen (secondary N) is 2. The molecule has 4 aliphatic rings. The van der Waals surface area contributed by atoms with Crippen LogP contribution in [0.15, 0.2) is 45.6 Å². The summed E-state index contributed by atoms with van der Waals surface area (Å²) in [7, 11) is 0. The summed E-state index contributed by atoms with van der Waals surface area (Å²) in [6.07, 6.45) is 7.94. The zero-order valence-electron chi connectivity index (χ0n) is 33.5. The number of anilines is 1. The molecule has 2 aromatic carbocycles. The minimum atomic E-state index is -1.08. The van der Waals surface area contributed by atoms with E-state index in [1.807, 2.05) is 42.2 Å². The van der Waals surface area contributed by atoms with Crippen molar-refractivity contribution in [3.8, 4) is 0 Å². The number of nitrogens with zero attached hydrogens (tertiary/aromatic N) is 4. The van der Waals surface area contributed by atoms with E-state index in [1.165, 1.54) is 0 Å². The number of hydrogen-bond acceptors (Lipinski definition) is 9. The predicted molar refractivity (Wildman–Crippen MR) is 215 cm³/mol. The predicted octanol–water partition coefficient (Wildman–Crippen LogP) is 5.86. The summed E-state index contributed by atoms with van der Waals surface area (Å²) in [5.74, 6) is -0.921. The van der Waals surface area contributed by atoms with E-state index in [0.29, 0.717) is 69.3 Å². The van der Waals surface area contributed by atoms with Crippen LogP contribution < -0.4 is 11.1 Å². The van der Waals surface area contributed by atoms with E-state index in [9.17, 15) is 24.0 Å². The molecular formula is C43H58N6O8. The van der Waals surface area contributed by atoms with Crippen molar-refractivity contribution in [3.05, 3.63) is 63.6 Å². The number of para-hydroxylation sites is 1. The molecule has 7 rings (SSSR count). The van der Waals surface area contributed by atoms with Gasteiger partial charge in [0.2, 0.25) is 0 Å². The summed E-state index contributed by atoms with van der Waals surface area (Å²) in [4.78, 5) is 76.3. The van der Waals surface area contributed by atoms with E-state index in [2.05, 4.69) is 22.1 Å². The monoisotopic (exact) mass is 786 g/mol. The highest BCUT2D eigenvalue weighted by molar-refractivity contribution is 5.91. The lowest BCUT2D eigenvalue weighted by Crippen LogP contribution is -2.53. The average Bonchev–Trinajstić information content (AvgIpc) is 3.52. The van der Waals surface area contributed by atoms with E-state index in [4.69, 9.17) is 13.9 Å². The SMILES string of the molecule is CCCCCCOC(=O)C1CCN(C2CCN(C(=O)[C@@H](Cc3cc(C)c4[nH]c(=O)oc4c3)OC(=O)N3CCC(N4CCc5ccccc5NC4=O)CC3)CC2)CC1. The molecule has 1 atom stereocenters. The van der Waals surface area contributed by atoms with E-state index in [1.54, 1.807) is 15.9 Å². The number of ether oxygens (including phenoxy) is 2. The van der Waals surface area contributed by atoms with Gasteiger partial charge < -0.3 is 38.8 Å². The topological polar surface area (TPSA) is 158 Å². The van der Waals surface area contributed by atoms with Crippen LogP contribution in [0.3, 0.4) is 0 Å². The van der Waals surface area contributed by atoms with E-state index >= 15 is 0 Å². The van der Waals surface area contributed by atoms with Gasteiger partial charge in [-0.25, -0.2) is 14.4 Å². The van der Waals surface area contributed by atoms with Crippen LogP contribution in [-0.4, -0.2) is 119 Å². The fraction of sp³-hybridized carbons (Fsp3) is 0.605. The van der Waals surface area contributed by atoms with Crippen molar-refractivity contribution in [1.82, 2.24) is 24.6 Å². The molecule has 0 unspecified atom stereocenters. The quantitative estimate of drug-likeness (QED) is 0.170. The molecule has 14 heteroatoms. The van der Waals surface area contributed by atoms with Crippen LogP contribution in [0.25, 0.3) is 11.1 Å². The summed E-state index contributed by atoms with van der Waals surface area (Å²) >= 11 is 0. The Labute approximate surface area is 334 Å². The Morgan fingerprint density at radius 1 is 0.860 bits per heavy atom. The lowest BCUT2D eigenvalue weighted by molar-refractivity contribution is -0.151. The molecule has 0 spiro atoms. The van der Waals surface area contributed by atoms with Gasteiger partial charge in [-0.3, -0.25) is 14.6 Å². The Bertz CT molecular complexity index is 1940. The number of carbonyl (C=O) groups is 4. The van der Waals surface area contributed by atoms with Crippen molar-refractivity contribution < 1.29 is 33.1 Å². The number of hydrogen-bond donors (Lipinski definition) is 2. The summed E-state index contributed by atoms with van der Waals surface area (Å²) in [6.45, 7) is 8.67. The molecule has 5 heterocycles. The smallest absolute Gasteiger partial charge is 0.417 e. The molecule has 308 valence electrons. The Morgan fingerprint density at radius 3 is 2.33 bits per heavy atom. The molecule has 0 saturated carbocycles. The largest absolute Gasteiger partial charge is 0.465 e. The second-order valence-electron chi connectivity index (χ2n) is 16.2. The number of oxazole rings is 1. The summed E-state index contributed by atoms with van der Waals surface area (Å²) in [5, 5.41) is 3.04. The van der Waals surface area contributed by atoms with Crippen LogP contribution in [0.4, 0.5) is 15.3 Å². The molecule has 14 nitrogen and oxygen atoms in total. The number of esters is 1. The lowest BCUT2D eigenvalue weighted by atomic mass is 9.93. The van der Waals surface area contributed by atoms with Gasteiger partial charge in [0.15, 0.2) is 11.7 Å². The minimum Gasteiger partial charge on any atom is -0.465 e. The second-order valence-corrected chi connectivity index (χ2v) is 16.2. The Kier molecular flexibility index (Phi) is 13.2. The Morgan fingerprint density at radius 2 is 1.58 bits per heavy atom. The fourth-order valence-electron chi connectivity index (χ4n) is 9.08. The molecule has 3 saturated heterocycles. The van der Waals surface area contributed by atoms with Gasteiger partial charge in [-0.15, -0.1) is 0 Å². The highest BCUT2D eigenvalue weighted by Crippen LogP contribution is 2.28. The van der Waals surface area contributed by atoms with Gasteiger partial charge in [-0.2, -0.15) is 0 Å². The number of unbranched alkanes of at least 4 members (excludes halogenated alkanes) is 3. The molecule has 2 N–H and O–H groups in total. The zero-order chi connectivity index (χ0) is 39.9. The molecular weight excluding hydrogens is 729 g/mol. The minimum absolute atomic E-state index is 0.0206. The van der Waals surface area contributed by atoms with Crippen LogP contribution in [0.5, 0.6) is 0 Å². The third-order valence-corrected chi connectivity index (χ3v) is 12.4. The molecule has 3 fully saturated rings. The highest BCUT2D eigenvalue weighted by Gasteiger charge is 2.37. The normalized spacial score (nSPS) is 19.5. The summed E-state index contributed by atoms with van der Waals surface area (Å²) < 4.78 is 17.0. The number of piperidine rings is 3. The number of benzene rings is 2. The van der Waals surface area contributed by atoms with Crippen LogP contribution in [0, 0.1) is 12.8 Å². The summed E-state index contributed by atoms with van der Waals surface area (Å²) in [5.41, 5.74) is 4.44. The van der Waals surface area contributed by atoms with Crippen LogP contribution in [0.2, 0.25) is 0 Å². The first-order valence-corrected chi connectivity index (χ1v) is 21.1. The number of amides is 4. The maximum absolute atomic E-state index is 14.3. The molecule has 1 aromatic heterocycles. The second kappa shape index (κ2) is 18.6.